The first-order valence-electron chi connectivity index (χ1n) is 10.1. The number of benzene rings is 1. The number of nitrogens with zero attached hydrogens (tertiary/aromatic N) is 4. The van der Waals surface area contributed by atoms with Crippen LogP contribution in [0.3, 0.4) is 0 Å². The van der Waals surface area contributed by atoms with Gasteiger partial charge in [-0.1, -0.05) is 31.5 Å². The van der Waals surface area contributed by atoms with Gasteiger partial charge in [0.05, 0.1) is 0 Å². The van der Waals surface area contributed by atoms with Crippen LogP contribution in [0.25, 0.3) is 11.2 Å². The Bertz CT molecular complexity index is 1080. The second-order valence-corrected chi connectivity index (χ2v) is 8.67. The van der Waals surface area contributed by atoms with Crippen molar-refractivity contribution < 1.29 is 0 Å². The van der Waals surface area contributed by atoms with Crippen LogP contribution in [0.4, 0.5) is 5.82 Å². The Hall–Kier alpha value is -2.56. The van der Waals surface area contributed by atoms with Gasteiger partial charge in [0.15, 0.2) is 22.1 Å². The molecule has 0 spiro atoms. The number of hydrogen-bond donors (Lipinski definition) is 2. The normalized spacial score (nSPS) is 13.2. The van der Waals surface area contributed by atoms with Crippen LogP contribution in [-0.2, 0) is 19.4 Å². The van der Waals surface area contributed by atoms with Crippen LogP contribution in [0.2, 0.25) is 0 Å². The Morgan fingerprint density at radius 3 is 2.83 bits per heavy atom. The first-order valence-corrected chi connectivity index (χ1v) is 10.9. The quantitative estimate of drug-likeness (QED) is 0.462. The lowest BCUT2D eigenvalue weighted by atomic mass is 10.1. The number of aromatic nitrogens is 4. The fraction of sp³-hybridized carbons (Fsp3) is 0.409. The summed E-state index contributed by atoms with van der Waals surface area (Å²) >= 11 is 1.60. The van der Waals surface area contributed by atoms with E-state index in [2.05, 4.69) is 51.8 Å². The van der Waals surface area contributed by atoms with Gasteiger partial charge in [-0.25, -0.2) is 15.0 Å². The largest absolute Gasteiger partial charge is 0.382 e. The van der Waals surface area contributed by atoms with Crippen LogP contribution in [0.1, 0.15) is 43.4 Å². The Kier molecular flexibility index (Phi) is 5.74. The van der Waals surface area contributed by atoms with Gasteiger partial charge in [-0.2, -0.15) is 0 Å². The zero-order valence-electron chi connectivity index (χ0n) is 16.9. The van der Waals surface area contributed by atoms with Crippen molar-refractivity contribution in [3.05, 3.63) is 35.2 Å². The molecule has 3 N–H and O–H groups in total. The van der Waals surface area contributed by atoms with E-state index in [1.165, 1.54) is 23.9 Å². The molecule has 29 heavy (non-hydrogen) atoms. The van der Waals surface area contributed by atoms with Gasteiger partial charge in [-0.15, -0.1) is 6.42 Å². The third kappa shape index (κ3) is 4.09. The molecular weight excluding hydrogens is 380 g/mol. The van der Waals surface area contributed by atoms with E-state index in [4.69, 9.17) is 17.1 Å². The summed E-state index contributed by atoms with van der Waals surface area (Å²) in [7, 11) is 0. The monoisotopic (exact) mass is 406 g/mol. The number of anilines is 1. The summed E-state index contributed by atoms with van der Waals surface area (Å²) in [5, 5.41) is 4.31. The molecule has 4 rings (SSSR count). The third-order valence-electron chi connectivity index (χ3n) is 5.19. The number of imidazole rings is 1. The maximum atomic E-state index is 6.08. The fourth-order valence-corrected chi connectivity index (χ4v) is 4.79. The minimum atomic E-state index is 0.405. The summed E-state index contributed by atoms with van der Waals surface area (Å²) in [6, 6.07) is 4.87. The Labute approximate surface area is 175 Å². The molecule has 0 amide bonds. The molecule has 150 valence electrons. The molecule has 0 fully saturated rings. The van der Waals surface area contributed by atoms with E-state index in [9.17, 15) is 0 Å². The topological polar surface area (TPSA) is 81.7 Å². The van der Waals surface area contributed by atoms with Gasteiger partial charge in [0, 0.05) is 23.0 Å². The summed E-state index contributed by atoms with van der Waals surface area (Å²) in [5.41, 5.74) is 11.2. The Morgan fingerprint density at radius 2 is 2.07 bits per heavy atom. The molecule has 2 heterocycles. The molecule has 6 nitrogen and oxygen atoms in total. The molecule has 0 atom stereocenters. The van der Waals surface area contributed by atoms with E-state index in [0.29, 0.717) is 17.4 Å². The van der Waals surface area contributed by atoms with Crippen LogP contribution < -0.4 is 11.1 Å². The zero-order chi connectivity index (χ0) is 20.4. The SMILES string of the molecule is C#Cc1cc2c(cc1Sc1nc3c(N)ncnc3n1CCCNC(C)C)CCC2. The van der Waals surface area contributed by atoms with Crippen LogP contribution in [0.5, 0.6) is 0 Å². The van der Waals surface area contributed by atoms with Crippen molar-refractivity contribution in [1.29, 1.82) is 0 Å². The molecule has 1 aliphatic rings. The van der Waals surface area contributed by atoms with Gasteiger partial charge in [0.2, 0.25) is 0 Å². The first kappa shape index (κ1) is 19.7. The van der Waals surface area contributed by atoms with Crippen LogP contribution >= 0.6 is 11.8 Å². The van der Waals surface area contributed by atoms with E-state index in [-0.39, 0.29) is 0 Å². The lowest BCUT2D eigenvalue weighted by Crippen LogP contribution is -2.24. The minimum absolute atomic E-state index is 0.405. The van der Waals surface area contributed by atoms with Crippen LogP contribution in [0, 0.1) is 12.3 Å². The molecule has 3 aromatic rings. The molecule has 1 aliphatic carbocycles. The van der Waals surface area contributed by atoms with Crippen molar-refractivity contribution in [3.63, 3.8) is 0 Å². The second-order valence-electron chi connectivity index (χ2n) is 7.66. The maximum Gasteiger partial charge on any atom is 0.175 e. The number of nitrogen functional groups attached to an aromatic ring is 1. The highest BCUT2D eigenvalue weighted by atomic mass is 32.2. The molecule has 0 radical (unpaired) electrons. The average molecular weight is 407 g/mol. The fourth-order valence-electron chi connectivity index (χ4n) is 3.74. The number of fused-ring (bicyclic) bond motifs is 2. The number of nitrogens with one attached hydrogen (secondary N) is 1. The van der Waals surface area contributed by atoms with Crippen LogP contribution in [-0.4, -0.2) is 32.1 Å². The summed E-state index contributed by atoms with van der Waals surface area (Å²) in [4.78, 5) is 14.4. The minimum Gasteiger partial charge on any atom is -0.382 e. The molecule has 1 aromatic carbocycles. The van der Waals surface area contributed by atoms with Gasteiger partial charge < -0.3 is 15.6 Å². The molecular formula is C22H26N6S. The zero-order valence-corrected chi connectivity index (χ0v) is 17.7. The van der Waals surface area contributed by atoms with Gasteiger partial charge in [0.1, 0.15) is 6.33 Å². The molecule has 0 unspecified atom stereocenters. The van der Waals surface area contributed by atoms with E-state index < -0.39 is 0 Å². The highest BCUT2D eigenvalue weighted by Crippen LogP contribution is 2.36. The van der Waals surface area contributed by atoms with E-state index in [1.807, 2.05) is 0 Å². The Morgan fingerprint density at radius 1 is 1.28 bits per heavy atom. The summed E-state index contributed by atoms with van der Waals surface area (Å²) < 4.78 is 2.13. The summed E-state index contributed by atoms with van der Waals surface area (Å²) in [5.74, 6) is 3.26. The van der Waals surface area contributed by atoms with Gasteiger partial charge >= 0.3 is 0 Å². The van der Waals surface area contributed by atoms with Crippen LogP contribution in [0.15, 0.2) is 28.5 Å². The van der Waals surface area contributed by atoms with E-state index in [1.54, 1.807) is 11.8 Å². The van der Waals surface area contributed by atoms with E-state index >= 15 is 0 Å². The van der Waals surface area contributed by atoms with Crippen molar-refractivity contribution >= 4 is 28.7 Å². The third-order valence-corrected chi connectivity index (χ3v) is 6.24. The molecule has 0 bridgehead atoms. The number of rotatable bonds is 7. The molecule has 0 saturated carbocycles. The highest BCUT2D eigenvalue weighted by Gasteiger charge is 2.19. The van der Waals surface area contributed by atoms with Crippen molar-refractivity contribution in [3.8, 4) is 12.3 Å². The second kappa shape index (κ2) is 8.44. The van der Waals surface area contributed by atoms with Gasteiger partial charge in [-0.3, -0.25) is 0 Å². The number of terminal acetylenes is 1. The van der Waals surface area contributed by atoms with Gasteiger partial charge in [0.25, 0.3) is 0 Å². The molecule has 2 aromatic heterocycles. The van der Waals surface area contributed by atoms with Gasteiger partial charge in [-0.05, 0) is 55.5 Å². The van der Waals surface area contributed by atoms with Crippen molar-refractivity contribution in [2.75, 3.05) is 12.3 Å². The van der Waals surface area contributed by atoms with Crippen molar-refractivity contribution in [1.82, 2.24) is 24.8 Å². The van der Waals surface area contributed by atoms with Crippen molar-refractivity contribution in [2.24, 2.45) is 0 Å². The smallest absolute Gasteiger partial charge is 0.175 e. The Balaban J connectivity index is 1.69. The van der Waals surface area contributed by atoms with E-state index in [0.717, 1.165) is 53.6 Å². The number of hydrogen-bond acceptors (Lipinski definition) is 6. The number of aryl methyl sites for hydroxylation is 3. The highest BCUT2D eigenvalue weighted by molar-refractivity contribution is 7.99. The lowest BCUT2D eigenvalue weighted by molar-refractivity contribution is 0.525. The average Bonchev–Trinajstić information content (AvgIpc) is 3.29. The lowest BCUT2D eigenvalue weighted by Gasteiger charge is -2.12. The van der Waals surface area contributed by atoms with Crippen molar-refractivity contribution in [2.45, 2.75) is 62.2 Å². The summed E-state index contributed by atoms with van der Waals surface area (Å²) in [6.07, 6.45) is 11.7. The maximum absolute atomic E-state index is 6.08. The predicted molar refractivity (Wildman–Crippen MR) is 118 cm³/mol. The summed E-state index contributed by atoms with van der Waals surface area (Å²) in [6.45, 7) is 6.02. The standard InChI is InChI=1S/C22H26N6S/c1-4-15-11-16-7-5-8-17(16)12-18(15)29-22-27-19-20(23)25-13-26-21(19)28(22)10-6-9-24-14(2)3/h1,11-14,24H,5-10H2,2-3H3,(H2,23,25,26). The predicted octanol–water partition coefficient (Wildman–Crippen LogP) is 3.42. The molecule has 0 aliphatic heterocycles. The number of nitrogens with two attached hydrogens (primary N) is 1. The molecule has 0 saturated heterocycles. The first-order chi connectivity index (χ1) is 14.1. The molecule has 7 heteroatoms.